The molecule has 7 N–H and O–H groups in total. The minimum atomic E-state index is -1.25. The van der Waals surface area contributed by atoms with E-state index in [1.165, 1.54) is 0 Å². The van der Waals surface area contributed by atoms with E-state index >= 15 is 4.79 Å². The fourth-order valence-corrected chi connectivity index (χ4v) is 18.2. The number of aromatic nitrogens is 2. The first-order chi connectivity index (χ1) is 55.1. The van der Waals surface area contributed by atoms with Gasteiger partial charge in [0.1, 0.15) is 51.8 Å². The molecule has 25 nitrogen and oxygen atoms in total. The third-order valence-corrected chi connectivity index (χ3v) is 23.6. The summed E-state index contributed by atoms with van der Waals surface area (Å²) in [4.78, 5) is 116. The van der Waals surface area contributed by atoms with Crippen LogP contribution in [0.4, 0.5) is 34.1 Å². The van der Waals surface area contributed by atoms with Gasteiger partial charge >= 0.3 is 5.97 Å². The SMILES string of the molecule is CCC(=O)Nc1cc2c(cc1NC(=O)CC)Oc1cc3c4cc1C(CC)c1cc5c(cc1O2)Oc1cc(NC(=O)CC)c(NC(=O)CC)cc1Oc1cc2c(cc1C5CC)C(CC)c1cc(c(cc1Oc1cc5c(cc1O2)nc1n5C(=O)C2(C)CC1(C)C[C@@](C)(C(=O)O)C2)Oc1cc(NC(=O)CC)c(NC(=O)CC)cc1O3)C4CC. The molecule has 2 bridgehead atoms. The average molecular weight is 1560 g/mol. The minimum absolute atomic E-state index is 0.0946. The van der Waals surface area contributed by atoms with E-state index < -0.39 is 45.9 Å². The van der Waals surface area contributed by atoms with Crippen LogP contribution in [0.15, 0.2) is 97.1 Å². The summed E-state index contributed by atoms with van der Waals surface area (Å²) < 4.78 is 61.3. The van der Waals surface area contributed by atoms with Crippen molar-refractivity contribution in [3.05, 3.63) is 147 Å². The highest BCUT2D eigenvalue weighted by atomic mass is 16.5. The van der Waals surface area contributed by atoms with E-state index in [-0.39, 0.29) is 173 Å². The average Bonchev–Trinajstić information content (AvgIpc) is 1.60. The number of anilines is 6. The highest BCUT2D eigenvalue weighted by Crippen LogP contribution is 2.63. The van der Waals surface area contributed by atoms with Crippen molar-refractivity contribution < 1.29 is 81.4 Å². The Hall–Kier alpha value is -12.4. The van der Waals surface area contributed by atoms with Gasteiger partial charge < -0.3 is 74.9 Å². The van der Waals surface area contributed by atoms with Crippen molar-refractivity contribution in [2.45, 2.75) is 203 Å². The number of fused-ring (bicyclic) bond motifs is 18. The maximum Gasteiger partial charge on any atom is 0.309 e. The van der Waals surface area contributed by atoms with Crippen LogP contribution in [0.3, 0.4) is 0 Å². The third kappa shape index (κ3) is 13.3. The standard InChI is InChI=1S/C90H92N8O17/c1-14-43-47-24-49-44(15-2)51-26-53-46(17-4)54-27-52-45(16-3)50-25-48(43)64-37-66(50)111-75-32-59(95-83(103)22-9)60(96-84(104)23-10)33-76(75)113-68(52)39-70(54)115-78-35-62-61(97-85-88(11)40-89(12,86(105)98(62)85)42-90(13,41-88)87(106)107)34-77(78)114-69(53)38-67(51)112-74-31-58(94-82(102)21-8)57(93-81(101)20-7)30-73(74)110-65(49)36-63(47)108-71-28-55(91-79(99)18-5)56(29-72(71)109-64)92-80(100)19-6/h24-39,43-46H,14-23,40-42H2,1-13H3,(H,91,99)(H,92,100)(H,93,101)(H,94,102)(H,95,103)(H,96,104)(H,106,107)/t43?,44?,45?,46?,88?,89?,90-/m1/s1. The predicted octanol–water partition coefficient (Wildman–Crippen LogP) is 21.4. The molecule has 9 aromatic rings. The fraction of sp³-hybridized carbons (Fsp3) is 0.367. The Morgan fingerprint density at radius 3 is 0.809 bits per heavy atom. The molecule has 8 aromatic carbocycles. The zero-order chi connectivity index (χ0) is 81.2. The number of nitrogens with zero attached hydrogens (tertiary/aromatic N) is 2. The van der Waals surface area contributed by atoms with Crippen molar-refractivity contribution in [1.82, 2.24) is 9.55 Å². The first kappa shape index (κ1) is 76.6. The van der Waals surface area contributed by atoms with Crippen molar-refractivity contribution in [3.63, 3.8) is 0 Å². The van der Waals surface area contributed by atoms with E-state index in [1.807, 2.05) is 38.1 Å². The van der Waals surface area contributed by atoms with Crippen molar-refractivity contribution in [1.29, 1.82) is 0 Å². The Morgan fingerprint density at radius 2 is 0.574 bits per heavy atom. The smallest absolute Gasteiger partial charge is 0.309 e. The third-order valence-electron chi connectivity index (χ3n) is 23.6. The molecular formula is C90H92N8O17. The van der Waals surface area contributed by atoms with Gasteiger partial charge in [-0.3, -0.25) is 42.9 Å². The molecule has 0 saturated heterocycles. The van der Waals surface area contributed by atoms with Gasteiger partial charge in [0.25, 0.3) is 0 Å². The lowest BCUT2D eigenvalue weighted by atomic mass is 9.52. The number of benzene rings is 8. The summed E-state index contributed by atoms with van der Waals surface area (Å²) in [5, 5.41) is 28.8. The second-order valence-electron chi connectivity index (χ2n) is 31.7. The van der Waals surface area contributed by atoms with Gasteiger partial charge in [-0.05, 0) is 76.1 Å². The summed E-state index contributed by atoms with van der Waals surface area (Å²) in [6.45, 7) is 24.1. The predicted molar refractivity (Wildman–Crippen MR) is 433 cm³/mol. The number of aliphatic carboxylic acids is 1. The number of hydrogen-bond donors (Lipinski definition) is 7. The van der Waals surface area contributed by atoms with E-state index in [0.717, 1.165) is 0 Å². The van der Waals surface area contributed by atoms with Crippen molar-refractivity contribution in [2.75, 3.05) is 31.9 Å². The Kier molecular flexibility index (Phi) is 19.4. The summed E-state index contributed by atoms with van der Waals surface area (Å²) >= 11 is 0. The molecule has 1 aromatic heterocycles. The lowest BCUT2D eigenvalue weighted by molar-refractivity contribution is -0.154. The van der Waals surface area contributed by atoms with Gasteiger partial charge in [0, 0.05) is 190 Å². The second-order valence-corrected chi connectivity index (χ2v) is 31.7. The monoisotopic (exact) mass is 1560 g/mol. The molecule has 6 aliphatic rings. The maximum absolute atomic E-state index is 15.5. The summed E-state index contributed by atoms with van der Waals surface area (Å²) in [7, 11) is 0. The van der Waals surface area contributed by atoms with Crippen LogP contribution in [-0.4, -0.2) is 62.0 Å². The van der Waals surface area contributed by atoms with Crippen LogP contribution in [0.1, 0.15) is 252 Å². The van der Waals surface area contributed by atoms with Gasteiger partial charge in [0.2, 0.25) is 41.4 Å². The molecule has 1 aliphatic carbocycles. The van der Waals surface area contributed by atoms with Crippen molar-refractivity contribution in [2.24, 2.45) is 10.8 Å². The summed E-state index contributed by atoms with van der Waals surface area (Å²) in [5.74, 6) is -1.73. The van der Waals surface area contributed by atoms with E-state index in [0.29, 0.717) is 139 Å². The molecule has 7 atom stereocenters. The minimum Gasteiger partial charge on any atom is -0.481 e. The van der Waals surface area contributed by atoms with E-state index in [1.54, 1.807) is 102 Å². The zero-order valence-electron chi connectivity index (χ0n) is 66.6. The number of carboxylic acid groups (broad SMARTS) is 1. The molecule has 115 heavy (non-hydrogen) atoms. The Labute approximate surface area is 664 Å². The van der Waals surface area contributed by atoms with Gasteiger partial charge in [-0.2, -0.15) is 0 Å². The molecule has 15 rings (SSSR count). The molecule has 1 fully saturated rings. The topological polar surface area (TPSA) is 321 Å². The summed E-state index contributed by atoms with van der Waals surface area (Å²) in [6, 6.07) is 29.0. The molecular weight excluding hydrogens is 1470 g/mol. The van der Waals surface area contributed by atoms with Gasteiger partial charge in [0.15, 0.2) is 46.0 Å². The molecule has 594 valence electrons. The molecule has 6 heterocycles. The Balaban J connectivity index is 1.05. The van der Waals surface area contributed by atoms with Crippen LogP contribution in [-0.2, 0) is 39.0 Å². The van der Waals surface area contributed by atoms with Crippen LogP contribution in [0, 0.1) is 10.8 Å². The van der Waals surface area contributed by atoms with E-state index in [2.05, 4.69) is 83.9 Å². The zero-order valence-corrected chi connectivity index (χ0v) is 66.6. The van der Waals surface area contributed by atoms with Crippen LogP contribution in [0.25, 0.3) is 11.0 Å². The Bertz CT molecular complexity index is 5670. The first-order valence-electron chi connectivity index (χ1n) is 40.0. The number of carboxylic acids is 1. The van der Waals surface area contributed by atoms with Crippen molar-refractivity contribution >= 4 is 92.5 Å². The van der Waals surface area contributed by atoms with Gasteiger partial charge in [-0.15, -0.1) is 0 Å². The number of carbonyl (C=O) groups is 8. The molecule has 5 aliphatic heterocycles. The van der Waals surface area contributed by atoms with Crippen LogP contribution in [0.5, 0.6) is 92.0 Å². The molecule has 6 amide bonds. The number of imidazole rings is 1. The van der Waals surface area contributed by atoms with Crippen LogP contribution in [0.2, 0.25) is 0 Å². The van der Waals surface area contributed by atoms with Gasteiger partial charge in [-0.1, -0.05) is 83.1 Å². The molecule has 0 radical (unpaired) electrons. The molecule has 1 saturated carbocycles. The van der Waals surface area contributed by atoms with Crippen molar-refractivity contribution in [3.8, 4) is 92.0 Å². The largest absolute Gasteiger partial charge is 0.481 e. The lowest BCUT2D eigenvalue weighted by Crippen LogP contribution is -2.56. The quantitative estimate of drug-likeness (QED) is 0.0445. The highest BCUT2D eigenvalue weighted by Gasteiger charge is 2.61. The number of amides is 6. The van der Waals surface area contributed by atoms with Gasteiger partial charge in [0.05, 0.1) is 50.6 Å². The summed E-state index contributed by atoms with van der Waals surface area (Å²) in [6.07, 6.45) is 2.97. The Morgan fingerprint density at radius 1 is 0.339 bits per heavy atom. The fourth-order valence-electron chi connectivity index (χ4n) is 18.2. The normalized spacial score (nSPS) is 20.4. The van der Waals surface area contributed by atoms with Crippen LogP contribution < -0.4 is 69.8 Å². The van der Waals surface area contributed by atoms with Crippen LogP contribution >= 0.6 is 0 Å². The van der Waals surface area contributed by atoms with Gasteiger partial charge in [-0.25, -0.2) is 4.98 Å². The lowest BCUT2D eigenvalue weighted by Gasteiger charge is -2.53. The molecule has 0 spiro atoms. The second kappa shape index (κ2) is 29.2. The first-order valence-corrected chi connectivity index (χ1v) is 40.0. The van der Waals surface area contributed by atoms with E-state index in [9.17, 15) is 38.7 Å². The molecule has 6 unspecified atom stereocenters. The maximum atomic E-state index is 15.5. The van der Waals surface area contributed by atoms with E-state index in [4.69, 9.17) is 42.9 Å². The number of rotatable bonds is 17. The summed E-state index contributed by atoms with van der Waals surface area (Å²) in [5.41, 5.74) is 4.41. The molecule has 25 heteroatoms. The number of nitrogens with one attached hydrogen (secondary N) is 6. The highest BCUT2D eigenvalue weighted by molar-refractivity contribution is 6.04. The number of ether oxygens (including phenoxy) is 8. The number of carbonyl (C=O) groups excluding carboxylic acids is 7. The number of hydrogen-bond acceptors (Lipinski definition) is 17.